The van der Waals surface area contributed by atoms with E-state index in [2.05, 4.69) is 13.0 Å². The van der Waals surface area contributed by atoms with Crippen LogP contribution in [-0.4, -0.2) is 0 Å². The van der Waals surface area contributed by atoms with Gasteiger partial charge in [-0.2, -0.15) is 0 Å². The van der Waals surface area contributed by atoms with Crippen molar-refractivity contribution in [2.45, 2.75) is 32.2 Å². The van der Waals surface area contributed by atoms with Crippen LogP contribution in [0.15, 0.2) is 18.2 Å². The summed E-state index contributed by atoms with van der Waals surface area (Å²) in [5.74, 6) is 0.875. The Morgan fingerprint density at radius 2 is 2.13 bits per heavy atom. The van der Waals surface area contributed by atoms with E-state index in [0.29, 0.717) is 0 Å². The predicted molar refractivity (Wildman–Crippen MR) is 67.7 cm³/mol. The Kier molecular flexibility index (Phi) is 4.45. The highest BCUT2D eigenvalue weighted by Gasteiger charge is 2.24. The fourth-order valence-electron chi connectivity index (χ4n) is 1.89. The van der Waals surface area contributed by atoms with Crippen LogP contribution >= 0.6 is 24.0 Å². The summed E-state index contributed by atoms with van der Waals surface area (Å²) in [6.45, 7) is 2.08. The van der Waals surface area contributed by atoms with E-state index in [1.807, 2.05) is 12.1 Å². The predicted octanol–water partition coefficient (Wildman–Crippen LogP) is 3.87. The zero-order valence-electron chi connectivity index (χ0n) is 8.87. The molecule has 0 radical (unpaired) electrons. The average molecular weight is 246 g/mol. The molecule has 1 aliphatic rings. The summed E-state index contributed by atoms with van der Waals surface area (Å²) in [5, 5.41) is 0.796. The van der Waals surface area contributed by atoms with Gasteiger partial charge in [0.1, 0.15) is 0 Å². The number of hydrogen-bond donors (Lipinski definition) is 1. The van der Waals surface area contributed by atoms with Crippen molar-refractivity contribution in [2.75, 3.05) is 0 Å². The molecule has 0 aromatic heterocycles. The minimum Gasteiger partial charge on any atom is -0.324 e. The van der Waals surface area contributed by atoms with Crippen molar-refractivity contribution in [3.05, 3.63) is 34.3 Å². The third kappa shape index (κ3) is 3.37. The minimum absolute atomic E-state index is 0. The Morgan fingerprint density at radius 1 is 1.47 bits per heavy atom. The molecule has 0 saturated heterocycles. The maximum absolute atomic E-state index is 6.14. The highest BCUT2D eigenvalue weighted by atomic mass is 35.5. The van der Waals surface area contributed by atoms with Crippen LogP contribution in [0.1, 0.15) is 36.4 Å². The van der Waals surface area contributed by atoms with Crippen molar-refractivity contribution in [3.8, 4) is 0 Å². The van der Waals surface area contributed by atoms with Gasteiger partial charge < -0.3 is 5.73 Å². The smallest absolute Gasteiger partial charge is 0.0408 e. The molecule has 1 fully saturated rings. The Bertz CT molecular complexity index is 334. The molecular weight excluding hydrogens is 229 g/mol. The van der Waals surface area contributed by atoms with Crippen LogP contribution in [0.4, 0.5) is 0 Å². The molecule has 1 aromatic carbocycles. The fourth-order valence-corrected chi connectivity index (χ4v) is 2.12. The van der Waals surface area contributed by atoms with Gasteiger partial charge in [0.15, 0.2) is 0 Å². The molecule has 0 amide bonds. The molecule has 1 aromatic rings. The maximum atomic E-state index is 6.14. The number of hydrogen-bond acceptors (Lipinski definition) is 1. The summed E-state index contributed by atoms with van der Waals surface area (Å²) in [6.07, 6.45) is 3.85. The summed E-state index contributed by atoms with van der Waals surface area (Å²) in [5.41, 5.74) is 8.61. The monoisotopic (exact) mass is 245 g/mol. The fraction of sp³-hybridized carbons (Fsp3) is 0.500. The quantitative estimate of drug-likeness (QED) is 0.860. The van der Waals surface area contributed by atoms with E-state index in [0.717, 1.165) is 17.4 Å². The SMILES string of the molecule is Cc1cc(Cl)ccc1[C@H](N)CC1CC1.Cl. The molecular formula is C12H17Cl2N. The molecule has 3 heteroatoms. The third-order valence-corrected chi connectivity index (χ3v) is 3.15. The molecule has 1 saturated carbocycles. The highest BCUT2D eigenvalue weighted by Crippen LogP contribution is 2.37. The van der Waals surface area contributed by atoms with Crippen LogP contribution in [0.2, 0.25) is 5.02 Å². The second kappa shape index (κ2) is 5.20. The van der Waals surface area contributed by atoms with Crippen molar-refractivity contribution in [2.24, 2.45) is 11.7 Å². The van der Waals surface area contributed by atoms with Crippen molar-refractivity contribution < 1.29 is 0 Å². The molecule has 0 aliphatic heterocycles. The highest BCUT2D eigenvalue weighted by molar-refractivity contribution is 6.30. The topological polar surface area (TPSA) is 26.0 Å². The summed E-state index contributed by atoms with van der Waals surface area (Å²) in [4.78, 5) is 0. The lowest BCUT2D eigenvalue weighted by molar-refractivity contribution is 0.594. The van der Waals surface area contributed by atoms with Gasteiger partial charge in [0, 0.05) is 11.1 Å². The second-order valence-corrected chi connectivity index (χ2v) is 4.72. The first-order valence-electron chi connectivity index (χ1n) is 5.18. The van der Waals surface area contributed by atoms with E-state index in [-0.39, 0.29) is 18.4 Å². The van der Waals surface area contributed by atoms with Gasteiger partial charge in [-0.1, -0.05) is 30.5 Å². The Labute approximate surface area is 102 Å². The maximum Gasteiger partial charge on any atom is 0.0408 e. The van der Waals surface area contributed by atoms with Crippen LogP contribution in [-0.2, 0) is 0 Å². The van der Waals surface area contributed by atoms with E-state index in [4.69, 9.17) is 17.3 Å². The van der Waals surface area contributed by atoms with Crippen LogP contribution in [0, 0.1) is 12.8 Å². The number of rotatable bonds is 3. The molecule has 1 atom stereocenters. The lowest BCUT2D eigenvalue weighted by atomic mass is 9.98. The van der Waals surface area contributed by atoms with Gasteiger partial charge in [0.2, 0.25) is 0 Å². The lowest BCUT2D eigenvalue weighted by Crippen LogP contribution is -2.12. The summed E-state index contributed by atoms with van der Waals surface area (Å²) in [6, 6.07) is 6.17. The van der Waals surface area contributed by atoms with Crippen molar-refractivity contribution in [1.29, 1.82) is 0 Å². The number of nitrogens with two attached hydrogens (primary N) is 1. The summed E-state index contributed by atoms with van der Waals surface area (Å²) < 4.78 is 0. The van der Waals surface area contributed by atoms with E-state index >= 15 is 0 Å². The molecule has 0 bridgehead atoms. The summed E-state index contributed by atoms with van der Waals surface area (Å²) >= 11 is 5.90. The van der Waals surface area contributed by atoms with Crippen LogP contribution in [0.3, 0.4) is 0 Å². The lowest BCUT2D eigenvalue weighted by Gasteiger charge is -2.14. The normalized spacial score (nSPS) is 17.0. The zero-order valence-corrected chi connectivity index (χ0v) is 10.4. The van der Waals surface area contributed by atoms with Gasteiger partial charge in [-0.15, -0.1) is 12.4 Å². The van der Waals surface area contributed by atoms with E-state index in [9.17, 15) is 0 Å². The Hall–Kier alpha value is -0.240. The van der Waals surface area contributed by atoms with Gasteiger partial charge in [-0.3, -0.25) is 0 Å². The largest absolute Gasteiger partial charge is 0.324 e. The molecule has 0 spiro atoms. The molecule has 0 heterocycles. The van der Waals surface area contributed by atoms with Crippen molar-refractivity contribution >= 4 is 24.0 Å². The average Bonchev–Trinajstić information content (AvgIpc) is 2.87. The second-order valence-electron chi connectivity index (χ2n) is 4.29. The van der Waals surface area contributed by atoms with Gasteiger partial charge in [-0.25, -0.2) is 0 Å². The molecule has 2 rings (SSSR count). The Morgan fingerprint density at radius 3 is 2.67 bits per heavy atom. The molecule has 1 nitrogen and oxygen atoms in total. The standard InChI is InChI=1S/C12H16ClN.ClH/c1-8-6-10(13)4-5-11(8)12(14)7-9-2-3-9;/h4-6,9,12H,2-3,7,14H2,1H3;1H/t12-;/m1./s1. The van der Waals surface area contributed by atoms with Crippen molar-refractivity contribution in [1.82, 2.24) is 0 Å². The minimum atomic E-state index is 0. The molecule has 1 aliphatic carbocycles. The molecule has 15 heavy (non-hydrogen) atoms. The number of benzene rings is 1. The molecule has 2 N–H and O–H groups in total. The van der Waals surface area contributed by atoms with Crippen LogP contribution in [0.25, 0.3) is 0 Å². The van der Waals surface area contributed by atoms with Crippen molar-refractivity contribution in [3.63, 3.8) is 0 Å². The first-order chi connectivity index (χ1) is 6.66. The third-order valence-electron chi connectivity index (χ3n) is 2.92. The Balaban J connectivity index is 0.00000112. The van der Waals surface area contributed by atoms with E-state index < -0.39 is 0 Å². The van der Waals surface area contributed by atoms with Crippen LogP contribution < -0.4 is 5.73 Å². The first-order valence-corrected chi connectivity index (χ1v) is 5.56. The first kappa shape index (κ1) is 12.8. The zero-order chi connectivity index (χ0) is 10.1. The number of aryl methyl sites for hydroxylation is 1. The molecule has 0 unspecified atom stereocenters. The van der Waals surface area contributed by atoms with Gasteiger partial charge >= 0.3 is 0 Å². The van der Waals surface area contributed by atoms with E-state index in [1.54, 1.807) is 0 Å². The van der Waals surface area contributed by atoms with E-state index in [1.165, 1.54) is 24.0 Å². The van der Waals surface area contributed by atoms with Gasteiger partial charge in [0.05, 0.1) is 0 Å². The number of halogens is 2. The van der Waals surface area contributed by atoms with Gasteiger partial charge in [0.25, 0.3) is 0 Å². The molecule has 84 valence electrons. The van der Waals surface area contributed by atoms with Crippen LogP contribution in [0.5, 0.6) is 0 Å². The summed E-state index contributed by atoms with van der Waals surface area (Å²) in [7, 11) is 0. The van der Waals surface area contributed by atoms with Gasteiger partial charge in [-0.05, 0) is 42.5 Å².